The minimum Gasteiger partial charge on any atom is -0.376 e. The van der Waals surface area contributed by atoms with E-state index in [1.165, 1.54) is 56.4 Å². The molecule has 0 aromatic heterocycles. The highest BCUT2D eigenvalue weighted by Gasteiger charge is 2.63. The molecule has 4 bridgehead atoms. The van der Waals surface area contributed by atoms with Crippen molar-refractivity contribution in [3.8, 4) is 0 Å². The molecular weight excluding hydrogens is 348 g/mol. The fourth-order valence-electron chi connectivity index (χ4n) is 7.89. The topological polar surface area (TPSA) is 38.0 Å². The quantitative estimate of drug-likeness (QED) is 0.714. The number of nitrogens with two attached hydrogens (primary N) is 1. The highest BCUT2D eigenvalue weighted by atomic mass is 32.1. The molecule has 0 radical (unpaired) electrons. The Hall–Kier alpha value is -0.930. The molecule has 27 heavy (non-hydrogen) atoms. The lowest BCUT2D eigenvalue weighted by molar-refractivity contribution is -0.0874. The molecular formula is C24H34N2S. The van der Waals surface area contributed by atoms with Crippen LogP contribution in [-0.4, -0.2) is 17.1 Å². The molecule has 5 fully saturated rings. The number of nitrogens with one attached hydrogen (secondary N) is 1. The number of hydrogen-bond donors (Lipinski definition) is 2. The molecule has 5 aliphatic rings. The third-order valence-corrected chi connectivity index (χ3v) is 8.87. The van der Waals surface area contributed by atoms with Crippen LogP contribution in [0, 0.1) is 16.7 Å². The van der Waals surface area contributed by atoms with Gasteiger partial charge in [0.25, 0.3) is 0 Å². The van der Waals surface area contributed by atoms with E-state index in [0.717, 1.165) is 18.8 Å². The van der Waals surface area contributed by atoms with Gasteiger partial charge in [-0.3, -0.25) is 0 Å². The predicted molar refractivity (Wildman–Crippen MR) is 116 cm³/mol. The van der Waals surface area contributed by atoms with Gasteiger partial charge in [0.05, 0.1) is 4.99 Å². The molecule has 4 atom stereocenters. The average Bonchev–Trinajstić information content (AvgIpc) is 2.62. The van der Waals surface area contributed by atoms with Crippen LogP contribution in [-0.2, 0) is 5.41 Å². The Kier molecular flexibility index (Phi) is 4.22. The first kappa shape index (κ1) is 18.1. The molecule has 5 saturated carbocycles. The molecule has 2 unspecified atom stereocenters. The first-order valence-corrected chi connectivity index (χ1v) is 11.4. The Labute approximate surface area is 169 Å². The van der Waals surface area contributed by atoms with E-state index >= 15 is 0 Å². The van der Waals surface area contributed by atoms with Crippen molar-refractivity contribution in [2.24, 2.45) is 22.5 Å². The summed E-state index contributed by atoms with van der Waals surface area (Å²) in [5.41, 5.74) is 8.70. The number of hydrogen-bond acceptors (Lipinski definition) is 2. The molecule has 5 aliphatic carbocycles. The molecule has 0 spiro atoms. The van der Waals surface area contributed by atoms with Crippen molar-refractivity contribution in [2.45, 2.75) is 88.6 Å². The molecule has 0 amide bonds. The van der Waals surface area contributed by atoms with Crippen LogP contribution >= 0.6 is 12.2 Å². The van der Waals surface area contributed by atoms with Crippen LogP contribution in [0.1, 0.15) is 76.7 Å². The Morgan fingerprint density at radius 1 is 1.00 bits per heavy atom. The summed E-state index contributed by atoms with van der Waals surface area (Å²) in [6, 6.07) is 12.3. The molecule has 2 nitrogen and oxygen atoms in total. The second kappa shape index (κ2) is 6.29. The predicted octanol–water partition coefficient (Wildman–Crippen LogP) is 5.10. The summed E-state index contributed by atoms with van der Waals surface area (Å²) >= 11 is 6.16. The second-order valence-electron chi connectivity index (χ2n) is 10.8. The summed E-state index contributed by atoms with van der Waals surface area (Å²) in [4.78, 5) is 1.19. The van der Waals surface area contributed by atoms with Gasteiger partial charge in [-0.25, -0.2) is 0 Å². The van der Waals surface area contributed by atoms with Gasteiger partial charge >= 0.3 is 0 Å². The largest absolute Gasteiger partial charge is 0.376 e. The molecule has 0 aliphatic heterocycles. The lowest BCUT2D eigenvalue weighted by Gasteiger charge is -2.66. The van der Waals surface area contributed by atoms with E-state index < -0.39 is 0 Å². The second-order valence-corrected chi connectivity index (χ2v) is 11.2. The molecule has 6 rings (SSSR count). The van der Waals surface area contributed by atoms with Gasteiger partial charge in [0, 0.05) is 17.5 Å². The van der Waals surface area contributed by atoms with Gasteiger partial charge < -0.3 is 11.1 Å². The van der Waals surface area contributed by atoms with Crippen LogP contribution in [0.5, 0.6) is 0 Å². The van der Waals surface area contributed by atoms with Gasteiger partial charge in [0.1, 0.15) is 0 Å². The maximum absolute atomic E-state index is 6.16. The fraction of sp³-hybridized carbons (Fsp3) is 0.708. The molecule has 1 aromatic carbocycles. The van der Waals surface area contributed by atoms with Crippen LogP contribution in [0.25, 0.3) is 0 Å². The van der Waals surface area contributed by atoms with E-state index in [-0.39, 0.29) is 5.41 Å². The van der Waals surface area contributed by atoms with Crippen molar-refractivity contribution in [1.29, 1.82) is 0 Å². The standard InChI is InChI=1S/C24H34N2S/c1-22-11-17-12-23(14-22,18-5-3-2-4-6-18)16-24(13-17,15-22)21(27)26-20-9-7-19(25)8-10-20/h2-6,17,19-20H,7-16,25H2,1H3,(H,26,27)/t17?,19-,20-,22-,23-,24?/m0/s1. The average molecular weight is 383 g/mol. The maximum atomic E-state index is 6.16. The van der Waals surface area contributed by atoms with Gasteiger partial charge in [-0.05, 0) is 86.5 Å². The summed E-state index contributed by atoms with van der Waals surface area (Å²) in [6.45, 7) is 2.55. The summed E-state index contributed by atoms with van der Waals surface area (Å²) in [5.74, 6) is 0.839. The summed E-state index contributed by atoms with van der Waals surface area (Å²) in [6.07, 6.45) is 12.6. The Bertz CT molecular complexity index is 725. The van der Waals surface area contributed by atoms with Gasteiger partial charge in [-0.15, -0.1) is 0 Å². The smallest absolute Gasteiger partial charge is 0.0818 e. The van der Waals surface area contributed by atoms with Crippen molar-refractivity contribution < 1.29 is 0 Å². The minimum absolute atomic E-state index is 0.221. The number of thiocarbonyl (C=S) groups is 1. The van der Waals surface area contributed by atoms with E-state index in [9.17, 15) is 0 Å². The Morgan fingerprint density at radius 2 is 1.74 bits per heavy atom. The van der Waals surface area contributed by atoms with Gasteiger partial charge in [0.2, 0.25) is 0 Å². The number of benzene rings is 1. The minimum atomic E-state index is 0.221. The monoisotopic (exact) mass is 382 g/mol. The van der Waals surface area contributed by atoms with E-state index in [1.807, 2.05) is 0 Å². The number of rotatable bonds is 3. The summed E-state index contributed by atoms with van der Waals surface area (Å²) in [5, 5.41) is 3.86. The van der Waals surface area contributed by atoms with E-state index in [2.05, 4.69) is 42.6 Å². The fourth-order valence-corrected chi connectivity index (χ4v) is 8.28. The highest BCUT2D eigenvalue weighted by Crippen LogP contribution is 2.70. The van der Waals surface area contributed by atoms with Crippen molar-refractivity contribution in [3.63, 3.8) is 0 Å². The van der Waals surface area contributed by atoms with E-state index in [4.69, 9.17) is 18.0 Å². The van der Waals surface area contributed by atoms with Gasteiger partial charge in [-0.1, -0.05) is 49.5 Å². The maximum Gasteiger partial charge on any atom is 0.0818 e. The zero-order chi connectivity index (χ0) is 18.7. The molecule has 3 N–H and O–H groups in total. The zero-order valence-electron chi connectivity index (χ0n) is 16.7. The molecule has 1 aromatic rings. The highest BCUT2D eigenvalue weighted by molar-refractivity contribution is 7.80. The summed E-state index contributed by atoms with van der Waals surface area (Å²) in [7, 11) is 0. The van der Waals surface area contributed by atoms with Gasteiger partial charge in [0.15, 0.2) is 0 Å². The van der Waals surface area contributed by atoms with Crippen molar-refractivity contribution >= 4 is 17.2 Å². The van der Waals surface area contributed by atoms with Crippen LogP contribution in [0.2, 0.25) is 0 Å². The van der Waals surface area contributed by atoms with Crippen LogP contribution in [0.3, 0.4) is 0 Å². The lowest BCUT2D eigenvalue weighted by atomic mass is 9.39. The Morgan fingerprint density at radius 3 is 2.44 bits per heavy atom. The van der Waals surface area contributed by atoms with Crippen molar-refractivity contribution in [2.75, 3.05) is 0 Å². The zero-order valence-corrected chi connectivity index (χ0v) is 17.5. The van der Waals surface area contributed by atoms with E-state index in [0.29, 0.717) is 22.9 Å². The van der Waals surface area contributed by atoms with Crippen LogP contribution in [0.4, 0.5) is 0 Å². The van der Waals surface area contributed by atoms with E-state index in [1.54, 1.807) is 5.56 Å². The summed E-state index contributed by atoms with van der Waals surface area (Å²) < 4.78 is 0. The third-order valence-electron chi connectivity index (χ3n) is 8.32. The van der Waals surface area contributed by atoms with Crippen LogP contribution in [0.15, 0.2) is 30.3 Å². The molecule has 146 valence electrons. The third kappa shape index (κ3) is 3.06. The normalized spacial score (nSPS) is 45.6. The van der Waals surface area contributed by atoms with Crippen molar-refractivity contribution in [3.05, 3.63) is 35.9 Å². The SMILES string of the molecule is C[C@@]12CC3CC(C(=S)N[C@H]4CC[C@H](N)CC4)(C1)C[C@](c1ccccc1)(C3)C2. The molecule has 0 heterocycles. The molecule has 0 saturated heterocycles. The lowest BCUT2D eigenvalue weighted by Crippen LogP contribution is -2.62. The first-order chi connectivity index (χ1) is 12.9. The Balaban J connectivity index is 1.43. The van der Waals surface area contributed by atoms with Crippen LogP contribution < -0.4 is 11.1 Å². The molecule has 3 heteroatoms. The van der Waals surface area contributed by atoms with Crippen molar-refractivity contribution in [1.82, 2.24) is 5.32 Å². The first-order valence-electron chi connectivity index (χ1n) is 11.0. The van der Waals surface area contributed by atoms with Gasteiger partial charge in [-0.2, -0.15) is 0 Å².